The topological polar surface area (TPSA) is 64.7 Å². The first-order valence-corrected chi connectivity index (χ1v) is 9.39. The van der Waals surface area contributed by atoms with Gasteiger partial charge in [0.1, 0.15) is 0 Å². The molecular formula is C20H32N4O2. The number of carbonyl (C=O) groups is 2. The number of aryl methyl sites for hydroxylation is 1. The van der Waals surface area contributed by atoms with E-state index in [2.05, 4.69) is 29.4 Å². The molecule has 1 fully saturated rings. The minimum atomic E-state index is -0.237. The minimum absolute atomic E-state index is 0.0821. The van der Waals surface area contributed by atoms with Gasteiger partial charge in [0.25, 0.3) is 5.91 Å². The number of hydrogen-bond acceptors (Lipinski definition) is 3. The van der Waals surface area contributed by atoms with Crippen LogP contribution in [0.25, 0.3) is 0 Å². The third-order valence-electron chi connectivity index (χ3n) is 5.01. The molecule has 6 nitrogen and oxygen atoms in total. The van der Waals surface area contributed by atoms with Gasteiger partial charge in [-0.05, 0) is 56.8 Å². The van der Waals surface area contributed by atoms with E-state index in [9.17, 15) is 9.59 Å². The van der Waals surface area contributed by atoms with Crippen LogP contribution in [0, 0.1) is 12.8 Å². The number of benzene rings is 1. The number of piperidine rings is 1. The quantitative estimate of drug-likeness (QED) is 0.848. The molecule has 0 radical (unpaired) electrons. The zero-order chi connectivity index (χ0) is 19.3. The Bertz CT molecular complexity index is 645. The SMILES string of the molecule is Cc1ccc(C(=O)N(C)C)cc1NC(=O)NC[C@@H](C)N1CCC[C@@H](C)C1. The molecule has 144 valence electrons. The smallest absolute Gasteiger partial charge is 0.319 e. The number of hydrogen-bond donors (Lipinski definition) is 2. The Balaban J connectivity index is 1.91. The molecule has 1 aliphatic heterocycles. The largest absolute Gasteiger partial charge is 0.345 e. The average Bonchev–Trinajstić information content (AvgIpc) is 2.60. The molecule has 1 saturated heterocycles. The third-order valence-corrected chi connectivity index (χ3v) is 5.01. The number of carbonyl (C=O) groups excluding carboxylic acids is 2. The van der Waals surface area contributed by atoms with Crippen molar-refractivity contribution in [2.75, 3.05) is 39.0 Å². The molecule has 6 heteroatoms. The summed E-state index contributed by atoms with van der Waals surface area (Å²) in [4.78, 5) is 28.4. The second-order valence-corrected chi connectivity index (χ2v) is 7.66. The van der Waals surface area contributed by atoms with Crippen LogP contribution in [0.2, 0.25) is 0 Å². The van der Waals surface area contributed by atoms with Crippen LogP contribution in [0.15, 0.2) is 18.2 Å². The summed E-state index contributed by atoms with van der Waals surface area (Å²) in [5, 5.41) is 5.83. The lowest BCUT2D eigenvalue weighted by Gasteiger charge is -2.35. The maximum absolute atomic E-state index is 12.3. The number of nitrogens with zero attached hydrogens (tertiary/aromatic N) is 2. The summed E-state index contributed by atoms with van der Waals surface area (Å²) in [6, 6.07) is 5.43. The van der Waals surface area contributed by atoms with E-state index in [0.29, 0.717) is 23.8 Å². The number of rotatable bonds is 5. The molecule has 2 atom stereocenters. The first kappa shape index (κ1) is 20.2. The van der Waals surface area contributed by atoms with Gasteiger partial charge in [-0.25, -0.2) is 4.79 Å². The highest BCUT2D eigenvalue weighted by Crippen LogP contribution is 2.19. The van der Waals surface area contributed by atoms with Crippen LogP contribution in [0.5, 0.6) is 0 Å². The molecule has 1 aromatic rings. The van der Waals surface area contributed by atoms with Gasteiger partial charge in [-0.3, -0.25) is 9.69 Å². The summed E-state index contributed by atoms with van der Waals surface area (Å²) >= 11 is 0. The van der Waals surface area contributed by atoms with Crippen LogP contribution in [-0.4, -0.2) is 61.5 Å². The fourth-order valence-electron chi connectivity index (χ4n) is 3.31. The highest BCUT2D eigenvalue weighted by molar-refractivity contribution is 5.97. The maximum atomic E-state index is 12.3. The average molecular weight is 361 g/mol. The normalized spacial score (nSPS) is 18.9. The fraction of sp³-hybridized carbons (Fsp3) is 0.600. The van der Waals surface area contributed by atoms with Gasteiger partial charge in [0.2, 0.25) is 0 Å². The first-order chi connectivity index (χ1) is 12.3. The molecule has 1 heterocycles. The van der Waals surface area contributed by atoms with Crippen molar-refractivity contribution >= 4 is 17.6 Å². The molecule has 2 N–H and O–H groups in total. The fourth-order valence-corrected chi connectivity index (χ4v) is 3.31. The molecule has 0 unspecified atom stereocenters. The van der Waals surface area contributed by atoms with Crippen LogP contribution in [0.1, 0.15) is 42.6 Å². The molecule has 3 amide bonds. The highest BCUT2D eigenvalue weighted by atomic mass is 16.2. The Morgan fingerprint density at radius 1 is 1.35 bits per heavy atom. The molecule has 0 aliphatic carbocycles. The van der Waals surface area contributed by atoms with E-state index in [1.807, 2.05) is 13.0 Å². The van der Waals surface area contributed by atoms with Gasteiger partial charge in [0.15, 0.2) is 0 Å². The molecule has 1 aliphatic rings. The van der Waals surface area contributed by atoms with Crippen molar-refractivity contribution in [1.29, 1.82) is 0 Å². The van der Waals surface area contributed by atoms with Crippen molar-refractivity contribution in [2.45, 2.75) is 39.7 Å². The van der Waals surface area contributed by atoms with Crippen LogP contribution < -0.4 is 10.6 Å². The van der Waals surface area contributed by atoms with Crippen LogP contribution in [-0.2, 0) is 0 Å². The van der Waals surface area contributed by atoms with Crippen LogP contribution in [0.4, 0.5) is 10.5 Å². The van der Waals surface area contributed by atoms with E-state index in [4.69, 9.17) is 0 Å². The van der Waals surface area contributed by atoms with E-state index in [1.165, 1.54) is 17.7 Å². The Labute approximate surface area is 156 Å². The van der Waals surface area contributed by atoms with Crippen molar-refractivity contribution in [1.82, 2.24) is 15.1 Å². The first-order valence-electron chi connectivity index (χ1n) is 9.39. The maximum Gasteiger partial charge on any atom is 0.319 e. The van der Waals surface area contributed by atoms with Gasteiger partial charge >= 0.3 is 6.03 Å². The molecule has 2 rings (SSSR count). The van der Waals surface area contributed by atoms with Gasteiger partial charge in [0, 0.05) is 44.5 Å². The Morgan fingerprint density at radius 2 is 2.08 bits per heavy atom. The lowest BCUT2D eigenvalue weighted by Crippen LogP contribution is -2.47. The Kier molecular flexibility index (Phi) is 7.03. The molecule has 0 saturated carbocycles. The van der Waals surface area contributed by atoms with Crippen molar-refractivity contribution in [3.8, 4) is 0 Å². The van der Waals surface area contributed by atoms with Gasteiger partial charge in [-0.2, -0.15) is 0 Å². The highest BCUT2D eigenvalue weighted by Gasteiger charge is 2.21. The third kappa shape index (κ3) is 5.46. The van der Waals surface area contributed by atoms with Gasteiger partial charge < -0.3 is 15.5 Å². The predicted octanol–water partition coefficient (Wildman–Crippen LogP) is 2.94. The summed E-state index contributed by atoms with van der Waals surface area (Å²) < 4.78 is 0. The molecule has 0 bridgehead atoms. The summed E-state index contributed by atoms with van der Waals surface area (Å²) in [6.45, 7) is 9.15. The van der Waals surface area contributed by atoms with E-state index >= 15 is 0 Å². The zero-order valence-corrected chi connectivity index (χ0v) is 16.6. The molecule has 0 aromatic heterocycles. The van der Waals surface area contributed by atoms with Gasteiger partial charge in [-0.1, -0.05) is 13.0 Å². The molecule has 0 spiro atoms. The number of urea groups is 1. The Morgan fingerprint density at radius 3 is 2.73 bits per heavy atom. The second-order valence-electron chi connectivity index (χ2n) is 7.66. The van der Waals surface area contributed by atoms with Gasteiger partial charge in [-0.15, -0.1) is 0 Å². The Hall–Kier alpha value is -2.08. The van der Waals surface area contributed by atoms with Crippen molar-refractivity contribution in [2.24, 2.45) is 5.92 Å². The summed E-state index contributed by atoms with van der Waals surface area (Å²) in [5.41, 5.74) is 2.15. The van der Waals surface area contributed by atoms with E-state index < -0.39 is 0 Å². The van der Waals surface area contributed by atoms with E-state index in [1.54, 1.807) is 26.2 Å². The predicted molar refractivity (Wildman–Crippen MR) is 106 cm³/mol. The van der Waals surface area contributed by atoms with Crippen LogP contribution >= 0.6 is 0 Å². The number of amides is 3. The number of anilines is 1. The summed E-state index contributed by atoms with van der Waals surface area (Å²) in [5.74, 6) is 0.640. The van der Waals surface area contributed by atoms with E-state index in [-0.39, 0.29) is 11.9 Å². The van der Waals surface area contributed by atoms with Crippen molar-refractivity contribution in [3.63, 3.8) is 0 Å². The van der Waals surface area contributed by atoms with Gasteiger partial charge in [0.05, 0.1) is 0 Å². The second kappa shape index (κ2) is 9.03. The van der Waals surface area contributed by atoms with E-state index in [0.717, 1.165) is 24.6 Å². The standard InChI is InChI=1S/C20H32N4O2/c1-14-7-6-10-24(13-14)16(3)12-21-20(26)22-18-11-17(9-8-15(18)2)19(25)23(4)5/h8-9,11,14,16H,6-7,10,12-13H2,1-5H3,(H2,21,22,26)/t14-,16-/m1/s1. The summed E-state index contributed by atoms with van der Waals surface area (Å²) in [7, 11) is 3.43. The monoisotopic (exact) mass is 360 g/mol. The summed E-state index contributed by atoms with van der Waals surface area (Å²) in [6.07, 6.45) is 2.52. The number of nitrogens with one attached hydrogen (secondary N) is 2. The lowest BCUT2D eigenvalue weighted by atomic mass is 9.99. The van der Waals surface area contributed by atoms with Crippen molar-refractivity contribution in [3.05, 3.63) is 29.3 Å². The number of likely N-dealkylation sites (tertiary alicyclic amines) is 1. The zero-order valence-electron chi connectivity index (χ0n) is 16.6. The van der Waals surface area contributed by atoms with Crippen molar-refractivity contribution < 1.29 is 9.59 Å². The molecule has 26 heavy (non-hydrogen) atoms. The minimum Gasteiger partial charge on any atom is -0.345 e. The molecule has 1 aromatic carbocycles. The lowest BCUT2D eigenvalue weighted by molar-refractivity contribution is 0.0827. The van der Waals surface area contributed by atoms with Crippen LogP contribution in [0.3, 0.4) is 0 Å². The molecular weight excluding hydrogens is 328 g/mol.